The zero-order valence-electron chi connectivity index (χ0n) is 23.8. The first-order valence-corrected chi connectivity index (χ1v) is 15.7. The van der Waals surface area contributed by atoms with Gasteiger partial charge in [-0.3, -0.25) is 13.9 Å². The van der Waals surface area contributed by atoms with E-state index in [9.17, 15) is 18.0 Å². The Hall–Kier alpha value is -3.40. The summed E-state index contributed by atoms with van der Waals surface area (Å²) in [6.07, 6.45) is 2.77. The third kappa shape index (κ3) is 7.47. The number of amides is 1. The van der Waals surface area contributed by atoms with Crippen LogP contribution in [-0.2, 0) is 39.0 Å². The summed E-state index contributed by atoms with van der Waals surface area (Å²) in [7, 11) is -2.21. The maximum atomic E-state index is 14.2. The predicted octanol–water partition coefficient (Wildman–Crippen LogP) is 4.89. The summed E-state index contributed by atoms with van der Waals surface area (Å²) >= 11 is 6.12. The molecule has 0 aliphatic carbocycles. The topological polar surface area (TPSA) is 110 Å². The Balaban J connectivity index is 1.80. The van der Waals surface area contributed by atoms with Crippen molar-refractivity contribution in [2.45, 2.75) is 51.3 Å². The number of nitrogens with zero attached hydrogens (tertiary/aromatic N) is 2. The standard InChI is InChI=1S/C31H36ClN3O5S/c1-21(25-10-12-27(32)13-11-25)35-14-6-9-22-7-5-8-23(15-22)19-31(2,33)30(37)40-20-24-16-26(29(35)36)18-28(17-24)34(3)41(4,38)39/h5,7-8,10-13,15-18,21H,6,9,14,19-20,33H2,1-4H3. The van der Waals surface area contributed by atoms with Gasteiger partial charge in [0.05, 0.1) is 18.0 Å². The second-order valence-corrected chi connectivity index (χ2v) is 13.4. The second kappa shape index (κ2) is 12.2. The molecule has 0 aromatic heterocycles. The van der Waals surface area contributed by atoms with E-state index in [1.807, 2.05) is 43.3 Å². The fourth-order valence-corrected chi connectivity index (χ4v) is 5.59. The van der Waals surface area contributed by atoms with Gasteiger partial charge in [-0.15, -0.1) is 0 Å². The van der Waals surface area contributed by atoms with Gasteiger partial charge in [0.25, 0.3) is 5.91 Å². The Morgan fingerprint density at radius 1 is 1.02 bits per heavy atom. The van der Waals surface area contributed by atoms with Crippen LogP contribution in [0.4, 0.5) is 5.69 Å². The van der Waals surface area contributed by atoms with Crippen LogP contribution in [0.5, 0.6) is 0 Å². The number of sulfonamides is 1. The van der Waals surface area contributed by atoms with Gasteiger partial charge in [-0.05, 0) is 79.3 Å². The van der Waals surface area contributed by atoms with Crippen LogP contribution in [0, 0.1) is 0 Å². The van der Waals surface area contributed by atoms with Crippen LogP contribution in [0.1, 0.15) is 58.9 Å². The fraction of sp³-hybridized carbons (Fsp3) is 0.355. The summed E-state index contributed by atoms with van der Waals surface area (Å²) in [5, 5.41) is 0.601. The number of halogens is 1. The first-order chi connectivity index (χ1) is 19.2. The Labute approximate surface area is 247 Å². The van der Waals surface area contributed by atoms with E-state index in [4.69, 9.17) is 22.1 Å². The van der Waals surface area contributed by atoms with Gasteiger partial charge in [0.15, 0.2) is 0 Å². The van der Waals surface area contributed by atoms with E-state index in [-0.39, 0.29) is 29.8 Å². The Bertz CT molecular complexity index is 1540. The van der Waals surface area contributed by atoms with E-state index >= 15 is 0 Å². The van der Waals surface area contributed by atoms with Gasteiger partial charge in [-0.2, -0.15) is 0 Å². The number of anilines is 1. The number of rotatable bonds is 4. The van der Waals surface area contributed by atoms with Gasteiger partial charge in [0.1, 0.15) is 12.1 Å². The molecule has 1 aliphatic rings. The molecule has 4 bridgehead atoms. The van der Waals surface area contributed by atoms with Crippen LogP contribution in [0.15, 0.2) is 66.7 Å². The Morgan fingerprint density at radius 3 is 2.39 bits per heavy atom. The molecule has 0 spiro atoms. The second-order valence-electron chi connectivity index (χ2n) is 10.9. The molecule has 2 atom stereocenters. The van der Waals surface area contributed by atoms with Gasteiger partial charge >= 0.3 is 5.97 Å². The summed E-state index contributed by atoms with van der Waals surface area (Å²) in [5.41, 5.74) is 9.06. The van der Waals surface area contributed by atoms with Crippen molar-refractivity contribution in [3.63, 3.8) is 0 Å². The van der Waals surface area contributed by atoms with E-state index in [1.165, 1.54) is 7.05 Å². The van der Waals surface area contributed by atoms with Gasteiger partial charge in [0, 0.05) is 30.6 Å². The highest BCUT2D eigenvalue weighted by Crippen LogP contribution is 2.28. The summed E-state index contributed by atoms with van der Waals surface area (Å²) in [5.74, 6) is -0.865. The summed E-state index contributed by atoms with van der Waals surface area (Å²) in [6.45, 7) is 3.86. The van der Waals surface area contributed by atoms with Crippen LogP contribution >= 0.6 is 11.6 Å². The Kier molecular flexibility index (Phi) is 9.11. The van der Waals surface area contributed by atoms with Gasteiger partial charge in [-0.25, -0.2) is 8.42 Å². The summed E-state index contributed by atoms with van der Waals surface area (Å²) in [6, 6.07) is 19.8. The quantitative estimate of drug-likeness (QED) is 0.429. The number of hydrogen-bond donors (Lipinski definition) is 1. The third-order valence-corrected chi connectivity index (χ3v) is 8.89. The van der Waals surface area contributed by atoms with Crippen LogP contribution in [0.3, 0.4) is 0 Å². The van der Waals surface area contributed by atoms with Crippen molar-refractivity contribution in [1.82, 2.24) is 4.90 Å². The minimum Gasteiger partial charge on any atom is -0.459 e. The molecular formula is C31H36ClN3O5S. The van der Waals surface area contributed by atoms with Crippen molar-refractivity contribution in [3.05, 3.63) is 99.6 Å². The molecule has 1 heterocycles. The van der Waals surface area contributed by atoms with Crippen LogP contribution in [0.25, 0.3) is 0 Å². The van der Waals surface area contributed by atoms with E-state index in [1.54, 1.807) is 42.2 Å². The van der Waals surface area contributed by atoms with E-state index < -0.39 is 21.5 Å². The number of benzene rings is 3. The molecule has 1 aliphatic heterocycles. The van der Waals surface area contributed by atoms with Crippen molar-refractivity contribution in [3.8, 4) is 0 Å². The molecule has 10 heteroatoms. The highest BCUT2D eigenvalue weighted by Gasteiger charge is 2.31. The number of fused-ring (bicyclic) bond motifs is 4. The van der Waals surface area contributed by atoms with Crippen LogP contribution in [-0.4, -0.2) is 50.6 Å². The molecule has 0 radical (unpaired) electrons. The lowest BCUT2D eigenvalue weighted by atomic mass is 9.92. The number of hydrogen-bond acceptors (Lipinski definition) is 6. The van der Waals surface area contributed by atoms with Crippen LogP contribution in [0.2, 0.25) is 5.02 Å². The monoisotopic (exact) mass is 597 g/mol. The molecule has 0 fully saturated rings. The van der Waals surface area contributed by atoms with E-state index in [2.05, 4.69) is 0 Å². The molecular weight excluding hydrogens is 562 g/mol. The minimum absolute atomic E-state index is 0.176. The molecule has 1 amide bonds. The lowest BCUT2D eigenvalue weighted by Gasteiger charge is -2.31. The van der Waals surface area contributed by atoms with Crippen molar-refractivity contribution in [2.75, 3.05) is 24.2 Å². The van der Waals surface area contributed by atoms with Crippen molar-refractivity contribution < 1.29 is 22.7 Å². The van der Waals surface area contributed by atoms with Crippen LogP contribution < -0.4 is 10.0 Å². The van der Waals surface area contributed by atoms with Crippen molar-refractivity contribution in [2.24, 2.45) is 5.73 Å². The number of esters is 1. The number of aryl methyl sites for hydroxylation is 1. The molecule has 0 saturated heterocycles. The lowest BCUT2D eigenvalue weighted by molar-refractivity contribution is -0.150. The predicted molar refractivity (Wildman–Crippen MR) is 161 cm³/mol. The zero-order chi connectivity index (χ0) is 29.9. The maximum Gasteiger partial charge on any atom is 0.326 e. The first-order valence-electron chi connectivity index (χ1n) is 13.4. The van der Waals surface area contributed by atoms with E-state index in [0.717, 1.165) is 27.3 Å². The molecule has 218 valence electrons. The maximum absolute atomic E-state index is 14.2. The number of nitrogens with two attached hydrogens (primary N) is 1. The van der Waals surface area contributed by atoms with Crippen molar-refractivity contribution >= 4 is 39.2 Å². The number of carbonyl (C=O) groups excluding carboxylic acids is 2. The molecule has 8 nitrogen and oxygen atoms in total. The molecule has 3 aromatic carbocycles. The fourth-order valence-electron chi connectivity index (χ4n) is 4.97. The summed E-state index contributed by atoms with van der Waals surface area (Å²) < 4.78 is 31.5. The Morgan fingerprint density at radius 2 is 1.71 bits per heavy atom. The van der Waals surface area contributed by atoms with E-state index in [0.29, 0.717) is 36.4 Å². The first kappa shape index (κ1) is 30.6. The highest BCUT2D eigenvalue weighted by atomic mass is 35.5. The molecule has 2 unspecified atom stereocenters. The molecule has 3 aromatic rings. The van der Waals surface area contributed by atoms with Gasteiger partial charge in [-0.1, -0.05) is 48.0 Å². The zero-order valence-corrected chi connectivity index (χ0v) is 25.3. The molecule has 0 saturated carbocycles. The number of ether oxygens (including phenoxy) is 1. The normalized spacial score (nSPS) is 19.4. The number of cyclic esters (lactones) is 1. The van der Waals surface area contributed by atoms with Gasteiger partial charge < -0.3 is 15.4 Å². The van der Waals surface area contributed by atoms with Crippen molar-refractivity contribution in [1.29, 1.82) is 0 Å². The highest BCUT2D eigenvalue weighted by molar-refractivity contribution is 7.92. The molecule has 4 rings (SSSR count). The largest absolute Gasteiger partial charge is 0.459 e. The third-order valence-electron chi connectivity index (χ3n) is 7.43. The molecule has 41 heavy (non-hydrogen) atoms. The summed E-state index contributed by atoms with van der Waals surface area (Å²) in [4.78, 5) is 29.0. The molecule has 2 N–H and O–H groups in total. The SMILES string of the molecule is CC(c1ccc(Cl)cc1)N1CCCc2cccc(c2)CC(C)(N)C(=O)OCc2cc(cc(N(C)S(C)(=O)=O)c2)C1=O. The number of carbonyl (C=O) groups is 2. The van der Waals surface area contributed by atoms with Gasteiger partial charge in [0.2, 0.25) is 10.0 Å². The average Bonchev–Trinajstić information content (AvgIpc) is 2.92. The lowest BCUT2D eigenvalue weighted by Crippen LogP contribution is -2.48. The average molecular weight is 598 g/mol. The smallest absolute Gasteiger partial charge is 0.326 e. The minimum atomic E-state index is -3.63.